The van der Waals surface area contributed by atoms with Gasteiger partial charge in [0.1, 0.15) is 0 Å². The first-order valence-corrected chi connectivity index (χ1v) is 16.1. The molecule has 7 nitrogen and oxygen atoms in total. The first kappa shape index (κ1) is 29.8. The van der Waals surface area contributed by atoms with E-state index in [0.29, 0.717) is 19.6 Å². The first-order chi connectivity index (χ1) is 17.3. The van der Waals surface area contributed by atoms with Gasteiger partial charge in [0, 0.05) is 38.3 Å². The summed E-state index contributed by atoms with van der Waals surface area (Å²) in [7, 11) is -7.70. The predicted molar refractivity (Wildman–Crippen MR) is 150 cm³/mol. The van der Waals surface area contributed by atoms with Gasteiger partial charge >= 0.3 is 0 Å². The molecule has 3 rings (SSSR count). The SMILES string of the molecule is CCN1C[C@H](C(C)C)N(S(=O)(=O)c2ccc(C)cc2)CCN(S(=O)(=O)c2ccc(C)cc2)[C@@H](C(C)C)C1. The summed E-state index contributed by atoms with van der Waals surface area (Å²) < 4.78 is 59.1. The molecular weight excluding hydrogens is 506 g/mol. The summed E-state index contributed by atoms with van der Waals surface area (Å²) in [6, 6.07) is 13.2. The molecule has 0 N–H and O–H groups in total. The molecule has 37 heavy (non-hydrogen) atoms. The van der Waals surface area contributed by atoms with Gasteiger partial charge in [-0.3, -0.25) is 0 Å². The van der Waals surface area contributed by atoms with Crippen LogP contribution in [0.5, 0.6) is 0 Å². The fourth-order valence-corrected chi connectivity index (χ4v) is 8.43. The maximum absolute atomic E-state index is 14.0. The van der Waals surface area contributed by atoms with Gasteiger partial charge in [-0.05, 0) is 56.5 Å². The monoisotopic (exact) mass is 549 g/mol. The lowest BCUT2D eigenvalue weighted by Crippen LogP contribution is -2.50. The zero-order chi connectivity index (χ0) is 27.5. The molecule has 0 unspecified atom stereocenters. The van der Waals surface area contributed by atoms with E-state index in [1.807, 2.05) is 48.5 Å². The Bertz CT molecular complexity index is 1140. The Kier molecular flexibility index (Phi) is 9.61. The molecule has 2 atom stereocenters. The van der Waals surface area contributed by atoms with E-state index in [9.17, 15) is 16.8 Å². The van der Waals surface area contributed by atoms with Crippen molar-refractivity contribution in [2.24, 2.45) is 11.8 Å². The summed E-state index contributed by atoms with van der Waals surface area (Å²) in [5.41, 5.74) is 1.97. The lowest BCUT2D eigenvalue weighted by atomic mass is 10.0. The van der Waals surface area contributed by atoms with Crippen LogP contribution in [0.15, 0.2) is 58.3 Å². The molecule has 1 heterocycles. The van der Waals surface area contributed by atoms with E-state index < -0.39 is 20.0 Å². The van der Waals surface area contributed by atoms with E-state index in [0.717, 1.165) is 11.1 Å². The Morgan fingerprint density at radius 3 is 1.27 bits per heavy atom. The standard InChI is InChI=1S/C28H43N3O4S2/c1-8-29-19-27(21(2)3)30(36(32,33)25-13-9-23(6)10-14-25)17-18-31(28(20-29)22(4)5)37(34,35)26-15-11-24(7)12-16-26/h9-16,21-22,27-28H,8,17-20H2,1-7H3/t27-,28-/m1/s1. The van der Waals surface area contributed by atoms with Crippen molar-refractivity contribution in [3.63, 3.8) is 0 Å². The second-order valence-electron chi connectivity index (χ2n) is 10.8. The quantitative estimate of drug-likeness (QED) is 0.513. The summed E-state index contributed by atoms with van der Waals surface area (Å²) in [6.07, 6.45) is 0. The number of aryl methyl sites for hydroxylation is 2. The van der Waals surface area contributed by atoms with Crippen LogP contribution in [0.25, 0.3) is 0 Å². The van der Waals surface area contributed by atoms with E-state index in [-0.39, 0.29) is 46.8 Å². The molecule has 1 saturated heterocycles. The summed E-state index contributed by atoms with van der Waals surface area (Å²) in [6.45, 7) is 16.0. The first-order valence-electron chi connectivity index (χ1n) is 13.2. The average molecular weight is 550 g/mol. The molecule has 2 aromatic carbocycles. The number of benzene rings is 2. The number of likely N-dealkylation sites (N-methyl/N-ethyl adjacent to an activating group) is 1. The van der Waals surface area contributed by atoms with Crippen molar-refractivity contribution in [1.29, 1.82) is 0 Å². The van der Waals surface area contributed by atoms with Gasteiger partial charge in [0.05, 0.1) is 9.79 Å². The van der Waals surface area contributed by atoms with Crippen molar-refractivity contribution < 1.29 is 16.8 Å². The third-order valence-electron chi connectivity index (χ3n) is 7.41. The van der Waals surface area contributed by atoms with Crippen molar-refractivity contribution >= 4 is 20.0 Å². The van der Waals surface area contributed by atoms with Gasteiger partial charge in [-0.2, -0.15) is 8.61 Å². The second-order valence-corrected chi connectivity index (χ2v) is 14.6. The molecule has 1 aliphatic heterocycles. The molecule has 0 amide bonds. The van der Waals surface area contributed by atoms with Crippen LogP contribution < -0.4 is 0 Å². The average Bonchev–Trinajstić information content (AvgIpc) is 2.92. The minimum atomic E-state index is -3.85. The number of hydrogen-bond acceptors (Lipinski definition) is 5. The third-order valence-corrected chi connectivity index (χ3v) is 11.3. The zero-order valence-electron chi connectivity index (χ0n) is 23.3. The lowest BCUT2D eigenvalue weighted by molar-refractivity contribution is 0.158. The van der Waals surface area contributed by atoms with E-state index in [1.165, 1.54) is 0 Å². The molecule has 0 spiro atoms. The molecular formula is C28H43N3O4S2. The molecule has 1 aliphatic rings. The highest BCUT2D eigenvalue weighted by molar-refractivity contribution is 7.89. The molecule has 1 fully saturated rings. The summed E-state index contributed by atoms with van der Waals surface area (Å²) in [5, 5.41) is 0. The second kappa shape index (κ2) is 11.9. The highest BCUT2D eigenvalue weighted by Gasteiger charge is 2.41. The molecule has 9 heteroatoms. The van der Waals surface area contributed by atoms with E-state index in [1.54, 1.807) is 57.1 Å². The zero-order valence-corrected chi connectivity index (χ0v) is 24.9. The van der Waals surface area contributed by atoms with Crippen LogP contribution in [-0.4, -0.2) is 75.2 Å². The Morgan fingerprint density at radius 2 is 1.00 bits per heavy atom. The Labute approximate surface area is 224 Å². The molecule has 0 aliphatic carbocycles. The molecule has 0 bridgehead atoms. The number of sulfonamides is 2. The minimum Gasteiger partial charge on any atom is -0.300 e. The number of rotatable bonds is 7. The summed E-state index contributed by atoms with van der Waals surface area (Å²) in [4.78, 5) is 2.68. The normalized spacial score (nSPS) is 21.6. The number of hydrogen-bond donors (Lipinski definition) is 0. The van der Waals surface area contributed by atoms with Crippen molar-refractivity contribution in [2.75, 3.05) is 32.7 Å². The highest BCUT2D eigenvalue weighted by atomic mass is 32.2. The van der Waals surface area contributed by atoms with Crippen molar-refractivity contribution in [2.45, 2.75) is 70.3 Å². The van der Waals surface area contributed by atoms with Crippen molar-refractivity contribution in [3.05, 3.63) is 59.7 Å². The largest absolute Gasteiger partial charge is 0.300 e. The molecule has 0 aromatic heterocycles. The topological polar surface area (TPSA) is 78.0 Å². The molecule has 206 valence electrons. The Hall–Kier alpha value is -1.78. The molecule has 2 aromatic rings. The lowest BCUT2D eigenvalue weighted by Gasteiger charge is -2.36. The van der Waals surface area contributed by atoms with Gasteiger partial charge in [0.25, 0.3) is 0 Å². The van der Waals surface area contributed by atoms with E-state index in [4.69, 9.17) is 0 Å². The van der Waals surface area contributed by atoms with Crippen LogP contribution in [0.4, 0.5) is 0 Å². The van der Waals surface area contributed by atoms with Gasteiger partial charge in [-0.25, -0.2) is 16.8 Å². The van der Waals surface area contributed by atoms with E-state index in [2.05, 4.69) is 4.90 Å². The van der Waals surface area contributed by atoms with Gasteiger partial charge in [0.2, 0.25) is 20.0 Å². The van der Waals surface area contributed by atoms with Gasteiger partial charge in [-0.1, -0.05) is 70.0 Å². The van der Waals surface area contributed by atoms with Gasteiger partial charge < -0.3 is 4.90 Å². The third kappa shape index (κ3) is 6.63. The highest BCUT2D eigenvalue weighted by Crippen LogP contribution is 2.29. The fraction of sp³-hybridized carbons (Fsp3) is 0.571. The Balaban J connectivity index is 2.14. The van der Waals surface area contributed by atoms with Crippen LogP contribution >= 0.6 is 0 Å². The van der Waals surface area contributed by atoms with Crippen LogP contribution in [0.1, 0.15) is 45.7 Å². The minimum absolute atomic E-state index is 0.0482. The van der Waals surface area contributed by atoms with Crippen molar-refractivity contribution in [3.8, 4) is 0 Å². The Morgan fingerprint density at radius 1 is 0.676 bits per heavy atom. The maximum atomic E-state index is 14.0. The van der Waals surface area contributed by atoms with Gasteiger partial charge in [0.15, 0.2) is 0 Å². The summed E-state index contributed by atoms with van der Waals surface area (Å²) >= 11 is 0. The predicted octanol–water partition coefficient (Wildman–Crippen LogP) is 4.37. The van der Waals surface area contributed by atoms with E-state index >= 15 is 0 Å². The number of nitrogens with zero attached hydrogens (tertiary/aromatic N) is 3. The van der Waals surface area contributed by atoms with Crippen molar-refractivity contribution in [1.82, 2.24) is 13.5 Å². The molecule has 0 radical (unpaired) electrons. The van der Waals surface area contributed by atoms with Crippen LogP contribution in [-0.2, 0) is 20.0 Å². The van der Waals surface area contributed by atoms with Crippen LogP contribution in [0.2, 0.25) is 0 Å². The van der Waals surface area contributed by atoms with Crippen LogP contribution in [0.3, 0.4) is 0 Å². The van der Waals surface area contributed by atoms with Gasteiger partial charge in [-0.15, -0.1) is 0 Å². The smallest absolute Gasteiger partial charge is 0.243 e. The maximum Gasteiger partial charge on any atom is 0.243 e. The van der Waals surface area contributed by atoms with Crippen LogP contribution in [0, 0.1) is 25.7 Å². The molecule has 0 saturated carbocycles. The fourth-order valence-electron chi connectivity index (χ4n) is 4.95. The summed E-state index contributed by atoms with van der Waals surface area (Å²) in [5.74, 6) is 0.0964.